The van der Waals surface area contributed by atoms with Crippen LogP contribution < -0.4 is 10.5 Å². The molecule has 1 amide bonds. The molecule has 11 heteroatoms. The van der Waals surface area contributed by atoms with Gasteiger partial charge in [0.25, 0.3) is 5.56 Å². The van der Waals surface area contributed by atoms with Crippen molar-refractivity contribution in [3.05, 3.63) is 70.3 Å². The molecule has 4 heterocycles. The average Bonchev–Trinajstić information content (AvgIpc) is 3.47. The van der Waals surface area contributed by atoms with Crippen LogP contribution in [0.3, 0.4) is 0 Å². The number of rotatable bonds is 4. The fourth-order valence-corrected chi connectivity index (χ4v) is 6.13. The molecule has 0 saturated carbocycles. The Hall–Kier alpha value is -4.09. The molecule has 2 saturated heterocycles. The number of carbonyl (C=O) groups is 3. The number of hydroxylamine groups is 2. The summed E-state index contributed by atoms with van der Waals surface area (Å²) in [5.74, 6) is -1.74. The number of ether oxygens (including phenoxy) is 2. The molecule has 1 aromatic heterocycles. The Morgan fingerprint density at radius 2 is 1.82 bits per heavy atom. The predicted molar refractivity (Wildman–Crippen MR) is 138 cm³/mol. The molecule has 6 rings (SSSR count). The van der Waals surface area contributed by atoms with E-state index in [2.05, 4.69) is 0 Å². The van der Waals surface area contributed by atoms with Crippen LogP contribution in [-0.4, -0.2) is 49.9 Å². The van der Waals surface area contributed by atoms with Crippen LogP contribution in [0.4, 0.5) is 5.69 Å². The lowest BCUT2D eigenvalue weighted by Crippen LogP contribution is -2.50. The van der Waals surface area contributed by atoms with Crippen molar-refractivity contribution in [1.29, 1.82) is 0 Å². The largest absolute Gasteiger partial charge is 0.454 e. The van der Waals surface area contributed by atoms with Gasteiger partial charge in [0.05, 0.1) is 16.6 Å². The molecule has 3 aromatic rings. The zero-order valence-electron chi connectivity index (χ0n) is 21.9. The van der Waals surface area contributed by atoms with Crippen LogP contribution >= 0.6 is 0 Å². The van der Waals surface area contributed by atoms with E-state index in [4.69, 9.17) is 14.5 Å². The first-order valence-electron chi connectivity index (χ1n) is 12.9. The zero-order valence-corrected chi connectivity index (χ0v) is 21.9. The molecule has 0 aliphatic carbocycles. The number of carbonyl (C=O) groups excluding carboxylic acids is 3. The second kappa shape index (κ2) is 8.72. The first-order chi connectivity index (χ1) is 18.6. The quantitative estimate of drug-likeness (QED) is 0.504. The summed E-state index contributed by atoms with van der Waals surface area (Å²) < 4.78 is 13.0. The number of aromatic nitrogens is 2. The summed E-state index contributed by atoms with van der Waals surface area (Å²) in [6.07, 6.45) is -1.98. The van der Waals surface area contributed by atoms with Crippen molar-refractivity contribution >= 4 is 34.4 Å². The number of hydrogen-bond donors (Lipinski definition) is 1. The standard InChI is InChI=1S/C28H28N4O7/c1-14(2)22(38-16(4)33)23-29-19-11-7-5-9-17(19)25(35)30(23)21-13-28(39-26(21)36)18-10-6-8-12-20(18)31-24(34)15(3)32(37)27(28)31/h5-12,14-15,21-22,27,37H,13H2,1-4H3/t15-,21+,22-,27-,28-/m0/s1. The van der Waals surface area contributed by atoms with Gasteiger partial charge in [-0.15, -0.1) is 0 Å². The molecule has 2 aromatic carbocycles. The molecular formula is C28H28N4O7. The third-order valence-corrected chi connectivity index (χ3v) is 7.87. The van der Waals surface area contributed by atoms with Gasteiger partial charge in [-0.1, -0.05) is 44.2 Å². The van der Waals surface area contributed by atoms with Crippen LogP contribution in [0.1, 0.15) is 57.6 Å². The van der Waals surface area contributed by atoms with Crippen molar-refractivity contribution in [1.82, 2.24) is 14.6 Å². The number of nitrogens with zero attached hydrogens (tertiary/aromatic N) is 4. The van der Waals surface area contributed by atoms with Gasteiger partial charge >= 0.3 is 11.9 Å². The normalized spacial score (nSPS) is 26.8. The first-order valence-corrected chi connectivity index (χ1v) is 12.9. The summed E-state index contributed by atoms with van der Waals surface area (Å²) in [7, 11) is 0. The van der Waals surface area contributed by atoms with Gasteiger partial charge in [0.15, 0.2) is 23.7 Å². The monoisotopic (exact) mass is 532 g/mol. The van der Waals surface area contributed by atoms with E-state index in [0.29, 0.717) is 22.2 Å². The van der Waals surface area contributed by atoms with E-state index in [0.717, 1.165) is 5.06 Å². The molecule has 0 radical (unpaired) electrons. The van der Waals surface area contributed by atoms with Crippen molar-refractivity contribution in [3.63, 3.8) is 0 Å². The number of fused-ring (bicyclic) bond motifs is 6. The average molecular weight is 533 g/mol. The fraction of sp³-hybridized carbons (Fsp3) is 0.393. The number of benzene rings is 2. The van der Waals surface area contributed by atoms with Gasteiger partial charge in [-0.25, -0.2) is 9.78 Å². The highest BCUT2D eigenvalue weighted by Gasteiger charge is 2.67. The lowest BCUT2D eigenvalue weighted by atomic mass is 9.88. The molecule has 39 heavy (non-hydrogen) atoms. The van der Waals surface area contributed by atoms with Gasteiger partial charge in [0.2, 0.25) is 5.91 Å². The third kappa shape index (κ3) is 3.46. The van der Waals surface area contributed by atoms with E-state index < -0.39 is 47.5 Å². The first kappa shape index (κ1) is 25.2. The Kier molecular flexibility index (Phi) is 5.63. The molecule has 0 bridgehead atoms. The SMILES string of the molecule is CC(=O)O[C@H](c1nc2ccccc2c(=O)n1[C@@H]1C[C@]2(OC1=O)c1ccccc1N1C(=O)[C@H](C)N(O)[C@H]12)C(C)C. The van der Waals surface area contributed by atoms with Gasteiger partial charge in [-0.2, -0.15) is 5.06 Å². The van der Waals surface area contributed by atoms with Crippen LogP contribution in [0.5, 0.6) is 0 Å². The summed E-state index contributed by atoms with van der Waals surface area (Å²) in [5, 5.41) is 12.2. The van der Waals surface area contributed by atoms with Gasteiger partial charge in [-0.05, 0) is 31.0 Å². The number of amides is 1. The number of esters is 2. The maximum atomic E-state index is 14.0. The predicted octanol–water partition coefficient (Wildman–Crippen LogP) is 2.81. The van der Waals surface area contributed by atoms with E-state index in [1.165, 1.54) is 16.4 Å². The minimum Gasteiger partial charge on any atom is -0.454 e. The molecule has 1 N–H and O–H groups in total. The highest BCUT2D eigenvalue weighted by molar-refractivity contribution is 6.02. The van der Waals surface area contributed by atoms with Crippen LogP contribution in [0.25, 0.3) is 10.9 Å². The summed E-state index contributed by atoms with van der Waals surface area (Å²) in [6.45, 7) is 6.51. The topological polar surface area (TPSA) is 131 Å². The van der Waals surface area contributed by atoms with Crippen LogP contribution in [0, 0.1) is 5.92 Å². The van der Waals surface area contributed by atoms with E-state index in [1.54, 1.807) is 55.5 Å². The summed E-state index contributed by atoms with van der Waals surface area (Å²) in [4.78, 5) is 59.1. The molecule has 5 atom stereocenters. The lowest BCUT2D eigenvalue weighted by Gasteiger charge is -2.33. The maximum absolute atomic E-state index is 14.0. The van der Waals surface area contributed by atoms with Crippen molar-refractivity contribution in [2.45, 2.75) is 64.1 Å². The van der Waals surface area contributed by atoms with E-state index in [-0.39, 0.29) is 24.1 Å². The Balaban J connectivity index is 1.56. The zero-order chi connectivity index (χ0) is 27.8. The highest BCUT2D eigenvalue weighted by atomic mass is 16.6. The van der Waals surface area contributed by atoms with Gasteiger partial charge in [0, 0.05) is 18.9 Å². The van der Waals surface area contributed by atoms with Crippen molar-refractivity contribution < 1.29 is 29.1 Å². The van der Waals surface area contributed by atoms with Crippen molar-refractivity contribution in [2.24, 2.45) is 5.92 Å². The Morgan fingerprint density at radius 1 is 1.13 bits per heavy atom. The molecule has 202 valence electrons. The molecule has 2 fully saturated rings. The second-order valence-corrected chi connectivity index (χ2v) is 10.6. The van der Waals surface area contributed by atoms with Crippen LogP contribution in [0.2, 0.25) is 0 Å². The molecule has 3 aliphatic rings. The van der Waals surface area contributed by atoms with Crippen molar-refractivity contribution in [2.75, 3.05) is 4.90 Å². The number of para-hydroxylation sites is 2. The molecule has 11 nitrogen and oxygen atoms in total. The van der Waals surface area contributed by atoms with Gasteiger partial charge in [-0.3, -0.25) is 23.9 Å². The summed E-state index contributed by atoms with van der Waals surface area (Å²) in [6, 6.07) is 11.8. The Bertz CT molecular complexity index is 1600. The fourth-order valence-electron chi connectivity index (χ4n) is 6.13. The number of hydrogen-bond acceptors (Lipinski definition) is 9. The highest BCUT2D eigenvalue weighted by Crippen LogP contribution is 2.57. The van der Waals surface area contributed by atoms with Crippen LogP contribution in [-0.2, 0) is 29.5 Å². The van der Waals surface area contributed by atoms with E-state index in [1.807, 2.05) is 13.8 Å². The minimum atomic E-state index is -1.44. The van der Waals surface area contributed by atoms with Gasteiger partial charge < -0.3 is 14.7 Å². The molecule has 3 aliphatic heterocycles. The molecule has 0 unspecified atom stereocenters. The molecule has 1 spiro atoms. The lowest BCUT2D eigenvalue weighted by molar-refractivity contribution is -0.190. The minimum absolute atomic E-state index is 0.0567. The van der Waals surface area contributed by atoms with E-state index >= 15 is 0 Å². The Labute approximate surface area is 223 Å². The third-order valence-electron chi connectivity index (χ3n) is 7.87. The van der Waals surface area contributed by atoms with E-state index in [9.17, 15) is 24.4 Å². The van der Waals surface area contributed by atoms with Crippen molar-refractivity contribution in [3.8, 4) is 0 Å². The second-order valence-electron chi connectivity index (χ2n) is 10.6. The van der Waals surface area contributed by atoms with Gasteiger partial charge in [0.1, 0.15) is 12.1 Å². The smallest absolute Gasteiger partial charge is 0.330 e. The summed E-state index contributed by atoms with van der Waals surface area (Å²) >= 11 is 0. The number of anilines is 1. The van der Waals surface area contributed by atoms with Crippen LogP contribution in [0.15, 0.2) is 53.3 Å². The molecular weight excluding hydrogens is 504 g/mol. The Morgan fingerprint density at radius 3 is 2.54 bits per heavy atom. The summed E-state index contributed by atoms with van der Waals surface area (Å²) in [5.41, 5.74) is -0.415. The maximum Gasteiger partial charge on any atom is 0.330 e.